The first-order valence-corrected chi connectivity index (χ1v) is 9.92. The van der Waals surface area contributed by atoms with E-state index in [2.05, 4.69) is 20.6 Å². The van der Waals surface area contributed by atoms with Crippen molar-refractivity contribution in [3.8, 4) is 5.69 Å². The van der Waals surface area contributed by atoms with Gasteiger partial charge in [0.1, 0.15) is 0 Å². The van der Waals surface area contributed by atoms with Crippen molar-refractivity contribution in [1.29, 1.82) is 0 Å². The fraction of sp³-hybridized carbons (Fsp3) is 0.400. The summed E-state index contributed by atoms with van der Waals surface area (Å²) in [5.74, 6) is 0.829. The van der Waals surface area contributed by atoms with E-state index >= 15 is 0 Å². The molecule has 29 heavy (non-hydrogen) atoms. The van der Waals surface area contributed by atoms with Crippen molar-refractivity contribution in [1.82, 2.24) is 25.2 Å². The van der Waals surface area contributed by atoms with Gasteiger partial charge in [-0.25, -0.2) is 4.68 Å². The Morgan fingerprint density at radius 2 is 1.97 bits per heavy atom. The Labute approximate surface area is 179 Å². The molecule has 0 bridgehead atoms. The van der Waals surface area contributed by atoms with Crippen LogP contribution in [-0.2, 0) is 23.2 Å². The molecule has 0 aliphatic heterocycles. The summed E-state index contributed by atoms with van der Waals surface area (Å²) in [4.78, 5) is 16.8. The molecule has 0 aliphatic rings. The largest absolute Gasteiger partial charge is 0.348 e. The summed E-state index contributed by atoms with van der Waals surface area (Å²) < 4.78 is 6.97. The van der Waals surface area contributed by atoms with Gasteiger partial charge >= 0.3 is 0 Å². The second kappa shape index (κ2) is 8.16. The van der Waals surface area contributed by atoms with E-state index in [9.17, 15) is 4.79 Å². The molecule has 9 heteroatoms. The van der Waals surface area contributed by atoms with Crippen LogP contribution in [0.25, 0.3) is 5.69 Å². The number of carbonyl (C=O) groups excluding carboxylic acids is 1. The predicted octanol–water partition coefficient (Wildman–Crippen LogP) is 4.34. The van der Waals surface area contributed by atoms with Crippen LogP contribution >= 0.6 is 23.2 Å². The average Bonchev–Trinajstić information content (AvgIpc) is 3.21. The third-order valence-corrected chi connectivity index (χ3v) is 5.01. The molecule has 2 aromatic heterocycles. The number of benzene rings is 1. The molecule has 0 atom stereocenters. The molecule has 3 aromatic rings. The van der Waals surface area contributed by atoms with Crippen LogP contribution in [0.15, 0.2) is 22.7 Å². The minimum atomic E-state index is -0.235. The monoisotopic (exact) mass is 435 g/mol. The van der Waals surface area contributed by atoms with Crippen LogP contribution in [0.4, 0.5) is 0 Å². The van der Waals surface area contributed by atoms with Crippen molar-refractivity contribution in [3.63, 3.8) is 0 Å². The van der Waals surface area contributed by atoms with Gasteiger partial charge in [-0.2, -0.15) is 10.1 Å². The van der Waals surface area contributed by atoms with Crippen molar-refractivity contribution < 1.29 is 9.32 Å². The van der Waals surface area contributed by atoms with Crippen LogP contribution in [0.1, 0.15) is 49.4 Å². The number of carbonyl (C=O) groups is 1. The highest BCUT2D eigenvalue weighted by molar-refractivity contribution is 6.35. The molecular weight excluding hydrogens is 413 g/mol. The molecule has 0 saturated heterocycles. The lowest BCUT2D eigenvalue weighted by Crippen LogP contribution is -2.25. The first-order valence-electron chi connectivity index (χ1n) is 9.16. The van der Waals surface area contributed by atoms with E-state index in [-0.39, 0.29) is 24.3 Å². The smallest absolute Gasteiger partial charge is 0.232 e. The van der Waals surface area contributed by atoms with Crippen LogP contribution in [0.3, 0.4) is 0 Å². The highest BCUT2D eigenvalue weighted by Crippen LogP contribution is 2.27. The topological polar surface area (TPSA) is 85.8 Å². The Kier molecular flexibility index (Phi) is 6.00. The third-order valence-electron chi connectivity index (χ3n) is 4.47. The molecule has 0 fully saturated rings. The highest BCUT2D eigenvalue weighted by atomic mass is 35.5. The second-order valence-corrected chi connectivity index (χ2v) is 8.72. The maximum atomic E-state index is 12.5. The van der Waals surface area contributed by atoms with E-state index < -0.39 is 0 Å². The zero-order valence-corrected chi connectivity index (χ0v) is 18.5. The number of hydrogen-bond donors (Lipinski definition) is 1. The standard InChI is InChI=1S/C20H23Cl2N5O2/c1-11-14(12(2)27(25-11)16-7-6-13(21)8-15(16)22)9-18(28)23-10-17-24-19(29-26-17)20(3,4)5/h6-8H,9-10H2,1-5H3,(H,23,28). The Morgan fingerprint density at radius 3 is 2.59 bits per heavy atom. The summed E-state index contributed by atoms with van der Waals surface area (Å²) in [6.45, 7) is 9.93. The van der Waals surface area contributed by atoms with Crippen molar-refractivity contribution >= 4 is 29.1 Å². The lowest BCUT2D eigenvalue weighted by atomic mass is 9.97. The van der Waals surface area contributed by atoms with Crippen molar-refractivity contribution in [2.45, 2.75) is 53.0 Å². The third kappa shape index (κ3) is 4.79. The number of hydrogen-bond acceptors (Lipinski definition) is 5. The molecular formula is C20H23Cl2N5O2. The lowest BCUT2D eigenvalue weighted by Gasteiger charge is -2.10. The fourth-order valence-electron chi connectivity index (χ4n) is 2.85. The summed E-state index contributed by atoms with van der Waals surface area (Å²) in [5.41, 5.74) is 2.93. The van der Waals surface area contributed by atoms with Crippen LogP contribution in [-0.4, -0.2) is 25.8 Å². The zero-order chi connectivity index (χ0) is 21.3. The number of nitrogens with one attached hydrogen (secondary N) is 1. The van der Waals surface area contributed by atoms with E-state index in [0.717, 1.165) is 17.0 Å². The van der Waals surface area contributed by atoms with Gasteiger partial charge < -0.3 is 9.84 Å². The van der Waals surface area contributed by atoms with E-state index in [1.54, 1.807) is 22.9 Å². The molecule has 1 amide bonds. The first-order chi connectivity index (χ1) is 13.6. The van der Waals surface area contributed by atoms with Crippen LogP contribution in [0.5, 0.6) is 0 Å². The molecule has 0 spiro atoms. The maximum absolute atomic E-state index is 12.5. The van der Waals surface area contributed by atoms with Gasteiger partial charge in [-0.1, -0.05) is 49.1 Å². The molecule has 1 N–H and O–H groups in total. The van der Waals surface area contributed by atoms with Crippen molar-refractivity contribution in [2.75, 3.05) is 0 Å². The van der Waals surface area contributed by atoms with E-state index in [1.165, 1.54) is 0 Å². The molecule has 2 heterocycles. The van der Waals surface area contributed by atoms with Crippen molar-refractivity contribution in [2.24, 2.45) is 0 Å². The summed E-state index contributed by atoms with van der Waals surface area (Å²) in [7, 11) is 0. The summed E-state index contributed by atoms with van der Waals surface area (Å²) >= 11 is 12.3. The van der Waals surface area contributed by atoms with Gasteiger partial charge in [-0.15, -0.1) is 0 Å². The Morgan fingerprint density at radius 1 is 1.24 bits per heavy atom. The molecule has 0 aliphatic carbocycles. The molecule has 154 valence electrons. The SMILES string of the molecule is Cc1nn(-c2ccc(Cl)cc2Cl)c(C)c1CC(=O)NCc1noc(C(C)(C)C)n1. The van der Waals surface area contributed by atoms with Gasteiger partial charge in [0.15, 0.2) is 5.82 Å². The second-order valence-electron chi connectivity index (χ2n) is 7.88. The van der Waals surface area contributed by atoms with Crippen LogP contribution in [0, 0.1) is 13.8 Å². The lowest BCUT2D eigenvalue weighted by molar-refractivity contribution is -0.120. The number of halogens is 2. The number of aromatic nitrogens is 4. The summed E-state index contributed by atoms with van der Waals surface area (Å²) in [5, 5.41) is 12.3. The summed E-state index contributed by atoms with van der Waals surface area (Å²) in [6.07, 6.45) is 0.187. The zero-order valence-electron chi connectivity index (χ0n) is 17.0. The average molecular weight is 436 g/mol. The van der Waals surface area contributed by atoms with Gasteiger partial charge in [-0.3, -0.25) is 4.79 Å². The molecule has 0 radical (unpaired) electrons. The Balaban J connectivity index is 1.71. The molecule has 7 nitrogen and oxygen atoms in total. The van der Waals surface area contributed by atoms with Crippen molar-refractivity contribution in [3.05, 3.63) is 56.9 Å². The fourth-order valence-corrected chi connectivity index (χ4v) is 3.34. The molecule has 3 rings (SSSR count). The Hall–Kier alpha value is -2.38. The normalized spacial score (nSPS) is 11.7. The highest BCUT2D eigenvalue weighted by Gasteiger charge is 2.22. The molecule has 1 aromatic carbocycles. The minimum absolute atomic E-state index is 0.153. The number of rotatable bonds is 5. The van der Waals surface area contributed by atoms with E-state index in [4.69, 9.17) is 27.7 Å². The van der Waals surface area contributed by atoms with Crippen LogP contribution < -0.4 is 5.32 Å². The van der Waals surface area contributed by atoms with Gasteiger partial charge in [0.25, 0.3) is 0 Å². The van der Waals surface area contributed by atoms with Gasteiger partial charge in [0, 0.05) is 21.7 Å². The van der Waals surface area contributed by atoms with E-state index in [1.807, 2.05) is 34.6 Å². The van der Waals surface area contributed by atoms with Gasteiger partial charge in [-0.05, 0) is 32.0 Å². The molecule has 0 unspecified atom stereocenters. The summed E-state index contributed by atoms with van der Waals surface area (Å²) in [6, 6.07) is 5.22. The Bertz CT molecular complexity index is 1050. The van der Waals surface area contributed by atoms with Gasteiger partial charge in [0.05, 0.1) is 29.4 Å². The quantitative estimate of drug-likeness (QED) is 0.643. The van der Waals surface area contributed by atoms with Gasteiger partial charge in [0.2, 0.25) is 11.8 Å². The maximum Gasteiger partial charge on any atom is 0.232 e. The molecule has 0 saturated carbocycles. The first kappa shape index (κ1) is 21.3. The minimum Gasteiger partial charge on any atom is -0.348 e. The number of aryl methyl sites for hydroxylation is 1. The number of amides is 1. The van der Waals surface area contributed by atoms with E-state index in [0.29, 0.717) is 27.4 Å². The predicted molar refractivity (Wildman–Crippen MR) is 112 cm³/mol. The number of nitrogens with zero attached hydrogens (tertiary/aromatic N) is 4. The van der Waals surface area contributed by atoms with Crippen LogP contribution in [0.2, 0.25) is 10.0 Å².